The Bertz CT molecular complexity index is 1210. The highest BCUT2D eigenvalue weighted by Crippen LogP contribution is 2.40. The number of benzene rings is 2. The molecule has 7 heteroatoms. The topological polar surface area (TPSA) is 50.6 Å². The van der Waals surface area contributed by atoms with E-state index in [1.54, 1.807) is 4.90 Å². The van der Waals surface area contributed by atoms with Gasteiger partial charge in [-0.25, -0.2) is 4.39 Å². The molecule has 3 aromatic rings. The van der Waals surface area contributed by atoms with Crippen LogP contribution in [0, 0.1) is 0 Å². The molecular weight excluding hydrogens is 419 g/mol. The van der Waals surface area contributed by atoms with E-state index in [0.29, 0.717) is 36.9 Å². The minimum absolute atomic E-state index is 0.136. The predicted molar refractivity (Wildman–Crippen MR) is 125 cm³/mol. The normalized spacial score (nSPS) is 21.2. The highest BCUT2D eigenvalue weighted by Gasteiger charge is 2.28. The maximum atomic E-state index is 13.4. The van der Waals surface area contributed by atoms with Gasteiger partial charge in [0.25, 0.3) is 5.91 Å². The average molecular weight is 447 g/mol. The van der Waals surface area contributed by atoms with E-state index in [1.807, 2.05) is 47.3 Å². The number of hydrogen-bond donors (Lipinski definition) is 0. The van der Waals surface area contributed by atoms with E-state index in [2.05, 4.69) is 22.1 Å². The van der Waals surface area contributed by atoms with Crippen molar-refractivity contribution in [2.75, 3.05) is 31.1 Å². The lowest BCUT2D eigenvalue weighted by Crippen LogP contribution is -2.27. The van der Waals surface area contributed by atoms with Gasteiger partial charge in [0.1, 0.15) is 11.9 Å². The number of rotatable bonds is 7. The first-order valence-electron chi connectivity index (χ1n) is 11.8. The summed E-state index contributed by atoms with van der Waals surface area (Å²) in [5.41, 5.74) is 3.18. The maximum Gasteiger partial charge on any atom is 0.294 e. The van der Waals surface area contributed by atoms with Crippen LogP contribution in [0.1, 0.15) is 30.7 Å². The molecule has 1 atom stereocenters. The Morgan fingerprint density at radius 3 is 2.67 bits per heavy atom. The Balaban J connectivity index is 1.11. The number of amides is 1. The number of nitrogens with zero attached hydrogens (tertiary/aromatic N) is 4. The molecule has 3 aliphatic rings. The Kier molecular flexibility index (Phi) is 5.14. The van der Waals surface area contributed by atoms with Crippen LogP contribution in [0.5, 0.6) is 5.75 Å². The molecular formula is C26H27FN4O2. The fourth-order valence-electron chi connectivity index (χ4n) is 4.78. The number of aromatic nitrogens is 2. The van der Waals surface area contributed by atoms with Crippen LogP contribution < -0.4 is 9.64 Å². The number of carbonyl (C=O) groups is 1. The molecule has 0 N–H and O–H groups in total. The average Bonchev–Trinajstić information content (AvgIpc) is 3.33. The lowest BCUT2D eigenvalue weighted by atomic mass is 10.1. The van der Waals surface area contributed by atoms with Crippen molar-refractivity contribution in [3.63, 3.8) is 0 Å². The van der Waals surface area contributed by atoms with Crippen molar-refractivity contribution >= 4 is 22.5 Å². The van der Waals surface area contributed by atoms with Gasteiger partial charge in [-0.2, -0.15) is 5.10 Å². The first-order valence-corrected chi connectivity index (χ1v) is 11.8. The van der Waals surface area contributed by atoms with Crippen molar-refractivity contribution in [1.29, 1.82) is 0 Å². The molecule has 170 valence electrons. The molecule has 2 aliphatic heterocycles. The number of carbonyl (C=O) groups excluding carboxylic acids is 1. The molecule has 6 rings (SSSR count). The van der Waals surface area contributed by atoms with Gasteiger partial charge in [-0.05, 0) is 67.2 Å². The fourth-order valence-corrected chi connectivity index (χ4v) is 4.78. The Morgan fingerprint density at radius 1 is 1.06 bits per heavy atom. The van der Waals surface area contributed by atoms with Gasteiger partial charge in [0.05, 0.1) is 18.3 Å². The van der Waals surface area contributed by atoms with E-state index in [4.69, 9.17) is 4.74 Å². The number of hydrogen-bond acceptors (Lipinski definition) is 4. The van der Waals surface area contributed by atoms with Gasteiger partial charge >= 0.3 is 0 Å². The number of ether oxygens (including phenoxy) is 1. The zero-order chi connectivity index (χ0) is 22.4. The lowest BCUT2D eigenvalue weighted by molar-refractivity contribution is -0.116. The summed E-state index contributed by atoms with van der Waals surface area (Å²) in [7, 11) is 0. The molecule has 0 unspecified atom stereocenters. The van der Waals surface area contributed by atoms with Crippen LogP contribution in [0.15, 0.2) is 60.5 Å². The molecule has 1 aromatic heterocycles. The fraction of sp³-hybridized carbons (Fsp3) is 0.385. The van der Waals surface area contributed by atoms with E-state index in [-0.39, 0.29) is 5.91 Å². The van der Waals surface area contributed by atoms with Crippen LogP contribution in [-0.4, -0.2) is 52.9 Å². The molecule has 1 amide bonds. The molecule has 0 radical (unpaired) electrons. The minimum Gasteiger partial charge on any atom is -0.452 e. The summed E-state index contributed by atoms with van der Waals surface area (Å²) in [6, 6.07) is 14.0. The third-order valence-electron chi connectivity index (χ3n) is 6.85. The molecule has 3 heterocycles. The monoisotopic (exact) mass is 446 g/mol. The first kappa shape index (κ1) is 20.4. The van der Waals surface area contributed by atoms with Gasteiger partial charge in [-0.15, -0.1) is 0 Å². The summed E-state index contributed by atoms with van der Waals surface area (Å²) in [6.07, 6.45) is 6.11. The highest BCUT2D eigenvalue weighted by atomic mass is 19.1. The van der Waals surface area contributed by atoms with Crippen molar-refractivity contribution in [2.45, 2.75) is 37.9 Å². The third-order valence-corrected chi connectivity index (χ3v) is 6.85. The first-order chi connectivity index (χ1) is 16.1. The van der Waals surface area contributed by atoms with Gasteiger partial charge in [0, 0.05) is 37.3 Å². The molecule has 0 bridgehead atoms. The van der Waals surface area contributed by atoms with Crippen LogP contribution in [0.2, 0.25) is 0 Å². The predicted octanol–water partition coefficient (Wildman–Crippen LogP) is 4.27. The maximum absolute atomic E-state index is 13.4. The van der Waals surface area contributed by atoms with Crippen LogP contribution in [-0.2, 0) is 11.3 Å². The van der Waals surface area contributed by atoms with E-state index in [9.17, 15) is 9.18 Å². The van der Waals surface area contributed by atoms with E-state index in [1.165, 1.54) is 18.4 Å². The number of halogens is 1. The van der Waals surface area contributed by atoms with Gasteiger partial charge in [0.2, 0.25) is 0 Å². The van der Waals surface area contributed by atoms with Crippen molar-refractivity contribution in [1.82, 2.24) is 14.7 Å². The summed E-state index contributed by atoms with van der Waals surface area (Å²) in [6.45, 7) is 3.31. The van der Waals surface area contributed by atoms with Crippen molar-refractivity contribution in [3.05, 3.63) is 66.1 Å². The summed E-state index contributed by atoms with van der Waals surface area (Å²) in [4.78, 5) is 16.8. The van der Waals surface area contributed by atoms with E-state index >= 15 is 0 Å². The Morgan fingerprint density at radius 2 is 1.91 bits per heavy atom. The van der Waals surface area contributed by atoms with Crippen molar-refractivity contribution in [2.24, 2.45) is 0 Å². The SMILES string of the molecule is O=C1C(Oc2ccc(C3CC3)cc2)=CCN1c1ccc2c(cnn2CCN2CC[C@@H](F)C2)c1. The number of likely N-dealkylation sites (tertiary alicyclic amines) is 1. The van der Waals surface area contributed by atoms with Gasteiger partial charge in [0.15, 0.2) is 5.76 Å². The number of fused-ring (bicyclic) bond motifs is 1. The van der Waals surface area contributed by atoms with E-state index < -0.39 is 6.17 Å². The molecule has 1 saturated heterocycles. The minimum atomic E-state index is -0.704. The molecule has 0 spiro atoms. The largest absolute Gasteiger partial charge is 0.452 e. The molecule has 33 heavy (non-hydrogen) atoms. The Hall–Kier alpha value is -3.19. The summed E-state index contributed by atoms with van der Waals surface area (Å²) < 4.78 is 21.3. The number of alkyl halides is 1. The van der Waals surface area contributed by atoms with Crippen LogP contribution in [0.3, 0.4) is 0 Å². The van der Waals surface area contributed by atoms with Crippen LogP contribution >= 0.6 is 0 Å². The Labute approximate surface area is 192 Å². The molecule has 1 aliphatic carbocycles. The van der Waals surface area contributed by atoms with Crippen molar-refractivity contribution < 1.29 is 13.9 Å². The second-order valence-electron chi connectivity index (χ2n) is 9.23. The van der Waals surface area contributed by atoms with Gasteiger partial charge < -0.3 is 9.64 Å². The zero-order valence-corrected chi connectivity index (χ0v) is 18.5. The van der Waals surface area contributed by atoms with Gasteiger partial charge in [-0.1, -0.05) is 12.1 Å². The lowest BCUT2D eigenvalue weighted by Gasteiger charge is -2.17. The smallest absolute Gasteiger partial charge is 0.294 e. The summed E-state index contributed by atoms with van der Waals surface area (Å²) in [5, 5.41) is 5.49. The quantitative estimate of drug-likeness (QED) is 0.544. The van der Waals surface area contributed by atoms with Crippen LogP contribution in [0.4, 0.5) is 10.1 Å². The van der Waals surface area contributed by atoms with Crippen LogP contribution in [0.25, 0.3) is 10.9 Å². The molecule has 2 fully saturated rings. The second kappa shape index (κ2) is 8.30. The third kappa shape index (κ3) is 4.13. The molecule has 6 nitrogen and oxygen atoms in total. The second-order valence-corrected chi connectivity index (χ2v) is 9.23. The summed E-state index contributed by atoms with van der Waals surface area (Å²) in [5.74, 6) is 1.61. The van der Waals surface area contributed by atoms with E-state index in [0.717, 1.165) is 36.2 Å². The molecule has 1 saturated carbocycles. The van der Waals surface area contributed by atoms with Gasteiger partial charge in [-0.3, -0.25) is 14.4 Å². The highest BCUT2D eigenvalue weighted by molar-refractivity contribution is 6.08. The number of anilines is 1. The standard InChI is InChI=1S/C26H27FN4O2/c27-21-9-11-29(17-21)13-14-31-24-8-5-22(15-20(24)16-28-31)30-12-10-25(26(30)32)33-23-6-3-19(4-7-23)18-1-2-18/h3-8,10,15-16,18,21H,1-2,9,11-14,17H2/t21-/m1/s1. The summed E-state index contributed by atoms with van der Waals surface area (Å²) >= 11 is 0. The van der Waals surface area contributed by atoms with Crippen molar-refractivity contribution in [3.8, 4) is 5.75 Å². The zero-order valence-electron chi connectivity index (χ0n) is 18.5. The molecule has 2 aromatic carbocycles.